The summed E-state index contributed by atoms with van der Waals surface area (Å²) in [6, 6.07) is 0. The Labute approximate surface area is 149 Å². The zero-order valence-electron chi connectivity index (χ0n) is 14.3. The van der Waals surface area contributed by atoms with Gasteiger partial charge >= 0.3 is 0 Å². The van der Waals surface area contributed by atoms with E-state index in [4.69, 9.17) is 4.52 Å². The predicted octanol–water partition coefficient (Wildman–Crippen LogP) is 0.785. The highest BCUT2D eigenvalue weighted by Gasteiger charge is 2.38. The van der Waals surface area contributed by atoms with Gasteiger partial charge in [0.1, 0.15) is 0 Å². The zero-order valence-corrected chi connectivity index (χ0v) is 15.1. The molecule has 10 nitrogen and oxygen atoms in total. The summed E-state index contributed by atoms with van der Waals surface area (Å²) < 4.78 is 35.8. The first-order valence-electron chi connectivity index (χ1n) is 8.30. The van der Waals surface area contributed by atoms with Crippen LogP contribution in [0.4, 0.5) is 0 Å². The fraction of sp³-hybridized carbons (Fsp3) is 0.467. The van der Waals surface area contributed by atoms with E-state index < -0.39 is 10.0 Å². The van der Waals surface area contributed by atoms with Crippen LogP contribution in [0.1, 0.15) is 35.8 Å². The van der Waals surface area contributed by atoms with Crippen LogP contribution < -0.4 is 0 Å². The lowest BCUT2D eigenvalue weighted by atomic mass is 10.2. The molecule has 0 N–H and O–H groups in total. The summed E-state index contributed by atoms with van der Waals surface area (Å²) in [6.07, 6.45) is 5.13. The lowest BCUT2D eigenvalue weighted by Crippen LogP contribution is -2.26. The molecule has 5 rings (SSSR count). The third-order valence-electron chi connectivity index (χ3n) is 4.81. The van der Waals surface area contributed by atoms with E-state index in [0.717, 1.165) is 24.1 Å². The number of hydrogen-bond acceptors (Lipinski definition) is 7. The average molecular weight is 375 g/mol. The molecule has 0 bridgehead atoms. The Morgan fingerprint density at radius 3 is 2.73 bits per heavy atom. The normalized spacial score (nSPS) is 17.8. The van der Waals surface area contributed by atoms with Crippen molar-refractivity contribution < 1.29 is 12.9 Å². The molecule has 2 aliphatic rings. The van der Waals surface area contributed by atoms with Crippen LogP contribution >= 0.6 is 0 Å². The largest absolute Gasteiger partial charge is 0.339 e. The molecular weight excluding hydrogens is 358 g/mol. The Hall–Kier alpha value is -2.53. The summed E-state index contributed by atoms with van der Waals surface area (Å²) in [5, 5.41) is 8.53. The van der Waals surface area contributed by atoms with Gasteiger partial charge in [0, 0.05) is 38.3 Å². The van der Waals surface area contributed by atoms with Crippen LogP contribution in [0, 0.1) is 0 Å². The van der Waals surface area contributed by atoms with Crippen molar-refractivity contribution in [1.29, 1.82) is 0 Å². The number of hydrogen-bond donors (Lipinski definition) is 0. The van der Waals surface area contributed by atoms with Crippen molar-refractivity contribution in [2.24, 2.45) is 14.1 Å². The predicted molar refractivity (Wildman–Crippen MR) is 88.1 cm³/mol. The molecule has 0 aromatic carbocycles. The second-order valence-corrected chi connectivity index (χ2v) is 8.66. The summed E-state index contributed by atoms with van der Waals surface area (Å²) in [6.45, 7) is 0.444. The minimum absolute atomic E-state index is 0.0381. The van der Waals surface area contributed by atoms with Gasteiger partial charge in [0.25, 0.3) is 15.9 Å². The molecule has 0 saturated heterocycles. The van der Waals surface area contributed by atoms with E-state index in [-0.39, 0.29) is 18.1 Å². The summed E-state index contributed by atoms with van der Waals surface area (Å²) >= 11 is 0. The Morgan fingerprint density at radius 2 is 2.04 bits per heavy atom. The molecule has 0 radical (unpaired) electrons. The van der Waals surface area contributed by atoms with Gasteiger partial charge in [-0.05, 0) is 12.8 Å². The smallest absolute Gasteiger partial charge is 0.278 e. The number of fused-ring (bicyclic) bond motifs is 1. The van der Waals surface area contributed by atoms with Gasteiger partial charge in [-0.1, -0.05) is 5.16 Å². The fourth-order valence-electron chi connectivity index (χ4n) is 3.20. The first-order valence-corrected chi connectivity index (χ1v) is 9.74. The highest BCUT2D eigenvalue weighted by molar-refractivity contribution is 7.89. The van der Waals surface area contributed by atoms with Crippen molar-refractivity contribution in [2.45, 2.75) is 36.9 Å². The average Bonchev–Trinajstić information content (AvgIpc) is 2.99. The number of aromatic nitrogens is 6. The van der Waals surface area contributed by atoms with Crippen molar-refractivity contribution in [3.8, 4) is 11.6 Å². The van der Waals surface area contributed by atoms with E-state index in [1.165, 1.54) is 16.8 Å². The second kappa shape index (κ2) is 5.24. The van der Waals surface area contributed by atoms with Crippen molar-refractivity contribution in [1.82, 2.24) is 33.8 Å². The number of imidazole rings is 1. The molecule has 3 aromatic heterocycles. The van der Waals surface area contributed by atoms with Crippen molar-refractivity contribution in [3.05, 3.63) is 29.6 Å². The van der Waals surface area contributed by atoms with Crippen molar-refractivity contribution in [3.63, 3.8) is 0 Å². The van der Waals surface area contributed by atoms with Gasteiger partial charge in [-0.3, -0.25) is 4.68 Å². The topological polar surface area (TPSA) is 112 Å². The van der Waals surface area contributed by atoms with E-state index >= 15 is 0 Å². The Balaban J connectivity index is 1.49. The van der Waals surface area contributed by atoms with Gasteiger partial charge in [0.15, 0.2) is 16.5 Å². The maximum Gasteiger partial charge on any atom is 0.278 e. The SMILES string of the molecule is Cn1cnc(S(=O)(=O)N2Cc3c(-c4nc(C5CC5)no4)nn(C)c3C2)c1. The molecule has 1 aliphatic carbocycles. The van der Waals surface area contributed by atoms with Crippen molar-refractivity contribution in [2.75, 3.05) is 0 Å². The van der Waals surface area contributed by atoms with Crippen LogP contribution in [0.15, 0.2) is 22.1 Å². The highest BCUT2D eigenvalue weighted by Crippen LogP contribution is 2.40. The molecule has 3 aromatic rings. The number of aryl methyl sites for hydroxylation is 2. The molecule has 4 heterocycles. The van der Waals surface area contributed by atoms with Crippen molar-refractivity contribution >= 4 is 10.0 Å². The quantitative estimate of drug-likeness (QED) is 0.662. The van der Waals surface area contributed by atoms with E-state index in [9.17, 15) is 8.42 Å². The van der Waals surface area contributed by atoms with Crippen LogP contribution in [0.5, 0.6) is 0 Å². The highest BCUT2D eigenvalue weighted by atomic mass is 32.2. The van der Waals surface area contributed by atoms with E-state index in [0.29, 0.717) is 23.3 Å². The van der Waals surface area contributed by atoms with E-state index in [2.05, 4.69) is 20.2 Å². The molecule has 0 spiro atoms. The Morgan fingerprint density at radius 1 is 1.23 bits per heavy atom. The third kappa shape index (κ3) is 2.31. The molecule has 1 saturated carbocycles. The number of nitrogens with zero attached hydrogens (tertiary/aromatic N) is 7. The van der Waals surface area contributed by atoms with Gasteiger partial charge in [-0.25, -0.2) is 13.4 Å². The molecule has 0 atom stereocenters. The fourth-order valence-corrected chi connectivity index (χ4v) is 4.54. The van der Waals surface area contributed by atoms with Crippen LogP contribution in [0.25, 0.3) is 11.6 Å². The molecular formula is C15H17N7O3S. The molecule has 136 valence electrons. The maximum absolute atomic E-state index is 12.8. The molecule has 0 unspecified atom stereocenters. The van der Waals surface area contributed by atoms with E-state index in [1.54, 1.807) is 23.3 Å². The summed E-state index contributed by atoms with van der Waals surface area (Å²) in [7, 11) is -0.151. The van der Waals surface area contributed by atoms with Crippen LogP contribution in [0.3, 0.4) is 0 Å². The molecule has 0 amide bonds. The molecule has 1 fully saturated rings. The van der Waals surface area contributed by atoms with Gasteiger partial charge in [-0.2, -0.15) is 14.4 Å². The van der Waals surface area contributed by atoms with Crippen LogP contribution in [-0.4, -0.2) is 42.2 Å². The van der Waals surface area contributed by atoms with Crippen LogP contribution in [-0.2, 0) is 37.2 Å². The molecule has 26 heavy (non-hydrogen) atoms. The van der Waals surface area contributed by atoms with Gasteiger partial charge < -0.3 is 9.09 Å². The second-order valence-electron chi connectivity index (χ2n) is 6.78. The summed E-state index contributed by atoms with van der Waals surface area (Å²) in [4.78, 5) is 8.43. The summed E-state index contributed by atoms with van der Waals surface area (Å²) in [5.74, 6) is 1.43. The van der Waals surface area contributed by atoms with Crippen LogP contribution in [0.2, 0.25) is 0 Å². The summed E-state index contributed by atoms with van der Waals surface area (Å²) in [5.41, 5.74) is 2.18. The first-order chi connectivity index (χ1) is 12.4. The van der Waals surface area contributed by atoms with Gasteiger partial charge in [-0.15, -0.1) is 0 Å². The minimum atomic E-state index is -3.68. The molecule has 11 heteroatoms. The lowest BCUT2D eigenvalue weighted by Gasteiger charge is -2.14. The third-order valence-corrected chi connectivity index (χ3v) is 6.49. The maximum atomic E-state index is 12.8. The number of rotatable bonds is 4. The van der Waals surface area contributed by atoms with Gasteiger partial charge in [0.2, 0.25) is 0 Å². The van der Waals surface area contributed by atoms with Gasteiger partial charge in [0.05, 0.1) is 18.6 Å². The zero-order chi connectivity index (χ0) is 18.1. The molecule has 1 aliphatic heterocycles. The Bertz CT molecular complexity index is 1110. The minimum Gasteiger partial charge on any atom is -0.339 e. The monoisotopic (exact) mass is 375 g/mol. The lowest BCUT2D eigenvalue weighted by molar-refractivity contribution is 0.411. The standard InChI is InChI=1S/C15H17N7O3S/c1-20-7-12(16-8-20)26(23,24)22-5-10-11(6-22)21(2)18-13(10)15-17-14(19-25-15)9-3-4-9/h7-9H,3-6H2,1-2H3. The number of sulfonamides is 1. The first kappa shape index (κ1) is 15.7. The van der Waals surface area contributed by atoms with E-state index in [1.807, 2.05) is 0 Å². The Kier molecular flexibility index (Phi) is 3.16.